The molecule has 0 aliphatic carbocycles. The summed E-state index contributed by atoms with van der Waals surface area (Å²) in [4.78, 5) is 0. The number of hydrogen-bond acceptors (Lipinski definition) is 2. The normalized spacial score (nSPS) is 12.7. The van der Waals surface area contributed by atoms with Crippen molar-refractivity contribution in [2.75, 3.05) is 0 Å². The fraction of sp³-hybridized carbons (Fsp3) is 0.250. The Morgan fingerprint density at radius 1 is 1.33 bits per heavy atom. The molecule has 0 aliphatic heterocycles. The Bertz CT molecular complexity index is 459. The van der Waals surface area contributed by atoms with Crippen molar-refractivity contribution in [3.63, 3.8) is 0 Å². The van der Waals surface area contributed by atoms with Crippen LogP contribution < -0.4 is 5.73 Å². The maximum absolute atomic E-state index is 6.17. The summed E-state index contributed by atoms with van der Waals surface area (Å²) < 4.78 is 1.81. The van der Waals surface area contributed by atoms with Crippen LogP contribution in [0.2, 0.25) is 0 Å². The molecule has 0 radical (unpaired) electrons. The van der Waals surface area contributed by atoms with Gasteiger partial charge in [0.25, 0.3) is 0 Å². The molecule has 1 aromatic heterocycles. The molecule has 1 heterocycles. The van der Waals surface area contributed by atoms with Gasteiger partial charge in [-0.3, -0.25) is 4.68 Å². The molecule has 0 saturated heterocycles. The van der Waals surface area contributed by atoms with Gasteiger partial charge in [-0.1, -0.05) is 29.8 Å². The van der Waals surface area contributed by atoms with E-state index in [4.69, 9.17) is 5.73 Å². The van der Waals surface area contributed by atoms with Gasteiger partial charge in [-0.25, -0.2) is 0 Å². The van der Waals surface area contributed by atoms with Crippen LogP contribution in [0.25, 0.3) is 0 Å². The van der Waals surface area contributed by atoms with Crippen LogP contribution in [0.15, 0.2) is 36.5 Å². The second kappa shape index (κ2) is 3.87. The van der Waals surface area contributed by atoms with Crippen LogP contribution in [0.4, 0.5) is 0 Å². The van der Waals surface area contributed by atoms with Crippen molar-refractivity contribution in [1.82, 2.24) is 9.78 Å². The zero-order valence-corrected chi connectivity index (χ0v) is 9.01. The molecule has 0 fully saturated rings. The average molecular weight is 201 g/mol. The molecule has 3 heteroatoms. The van der Waals surface area contributed by atoms with E-state index in [9.17, 15) is 0 Å². The minimum absolute atomic E-state index is 0.0996. The van der Waals surface area contributed by atoms with Crippen molar-refractivity contribution in [2.24, 2.45) is 12.8 Å². The Morgan fingerprint density at radius 2 is 2.13 bits per heavy atom. The monoisotopic (exact) mass is 201 g/mol. The van der Waals surface area contributed by atoms with E-state index in [0.29, 0.717) is 0 Å². The Balaban J connectivity index is 2.36. The van der Waals surface area contributed by atoms with E-state index < -0.39 is 0 Å². The predicted octanol–water partition coefficient (Wildman–Crippen LogP) is 1.78. The van der Waals surface area contributed by atoms with Crippen molar-refractivity contribution in [3.8, 4) is 0 Å². The Hall–Kier alpha value is -1.61. The van der Waals surface area contributed by atoms with Crippen LogP contribution in [0, 0.1) is 6.92 Å². The molecule has 0 amide bonds. The van der Waals surface area contributed by atoms with E-state index in [0.717, 1.165) is 11.3 Å². The van der Waals surface area contributed by atoms with Crippen LogP contribution in [-0.4, -0.2) is 9.78 Å². The molecular formula is C12H15N3. The van der Waals surface area contributed by atoms with E-state index >= 15 is 0 Å². The summed E-state index contributed by atoms with van der Waals surface area (Å²) in [7, 11) is 1.91. The zero-order chi connectivity index (χ0) is 10.8. The summed E-state index contributed by atoms with van der Waals surface area (Å²) >= 11 is 0. The van der Waals surface area contributed by atoms with Crippen LogP contribution in [-0.2, 0) is 7.05 Å². The number of benzene rings is 1. The van der Waals surface area contributed by atoms with Gasteiger partial charge in [-0.15, -0.1) is 0 Å². The number of nitrogens with zero attached hydrogens (tertiary/aromatic N) is 2. The summed E-state index contributed by atoms with van der Waals surface area (Å²) in [6.07, 6.45) is 1.77. The second-order valence-electron chi connectivity index (χ2n) is 3.77. The summed E-state index contributed by atoms with van der Waals surface area (Å²) in [5.74, 6) is 0. The molecule has 0 aliphatic rings. The minimum atomic E-state index is -0.0996. The Kier molecular flexibility index (Phi) is 2.56. The van der Waals surface area contributed by atoms with Crippen LogP contribution in [0.1, 0.15) is 22.9 Å². The standard InChI is InChI=1S/C12H15N3/c1-9-4-3-5-10(8-9)12(13)11-6-7-14-15(11)2/h3-8,12H,13H2,1-2H3. The quantitative estimate of drug-likeness (QED) is 0.804. The number of rotatable bonds is 2. The van der Waals surface area contributed by atoms with E-state index in [1.807, 2.05) is 29.9 Å². The lowest BCUT2D eigenvalue weighted by molar-refractivity contribution is 0.673. The summed E-state index contributed by atoms with van der Waals surface area (Å²) in [5.41, 5.74) is 9.55. The highest BCUT2D eigenvalue weighted by atomic mass is 15.3. The number of aryl methyl sites for hydroxylation is 2. The van der Waals surface area contributed by atoms with Gasteiger partial charge in [0, 0.05) is 13.2 Å². The van der Waals surface area contributed by atoms with Crippen molar-refractivity contribution >= 4 is 0 Å². The molecule has 2 N–H and O–H groups in total. The van der Waals surface area contributed by atoms with E-state index in [1.165, 1.54) is 5.56 Å². The van der Waals surface area contributed by atoms with Gasteiger partial charge in [0.15, 0.2) is 0 Å². The van der Waals surface area contributed by atoms with Gasteiger partial charge in [0.2, 0.25) is 0 Å². The number of hydrogen-bond donors (Lipinski definition) is 1. The predicted molar refractivity (Wildman–Crippen MR) is 60.4 cm³/mol. The third kappa shape index (κ3) is 1.92. The molecule has 3 nitrogen and oxygen atoms in total. The molecular weight excluding hydrogens is 186 g/mol. The maximum Gasteiger partial charge on any atom is 0.0723 e. The molecule has 0 saturated carbocycles. The smallest absolute Gasteiger partial charge is 0.0723 e. The fourth-order valence-corrected chi connectivity index (χ4v) is 1.72. The van der Waals surface area contributed by atoms with Crippen LogP contribution >= 0.6 is 0 Å². The van der Waals surface area contributed by atoms with Crippen molar-refractivity contribution in [3.05, 3.63) is 53.3 Å². The van der Waals surface area contributed by atoms with Gasteiger partial charge in [-0.2, -0.15) is 5.10 Å². The number of nitrogens with two attached hydrogens (primary N) is 1. The van der Waals surface area contributed by atoms with Crippen molar-refractivity contribution in [2.45, 2.75) is 13.0 Å². The molecule has 2 aromatic rings. The molecule has 1 atom stereocenters. The van der Waals surface area contributed by atoms with Gasteiger partial charge in [-0.05, 0) is 18.6 Å². The van der Waals surface area contributed by atoms with E-state index in [1.54, 1.807) is 6.20 Å². The first-order valence-electron chi connectivity index (χ1n) is 4.98. The van der Waals surface area contributed by atoms with Crippen LogP contribution in [0.3, 0.4) is 0 Å². The first-order chi connectivity index (χ1) is 7.18. The first kappa shape index (κ1) is 9.93. The van der Waals surface area contributed by atoms with Crippen molar-refractivity contribution in [1.29, 1.82) is 0 Å². The lowest BCUT2D eigenvalue weighted by Crippen LogP contribution is -2.15. The highest BCUT2D eigenvalue weighted by Crippen LogP contribution is 2.19. The third-order valence-electron chi connectivity index (χ3n) is 2.58. The van der Waals surface area contributed by atoms with Gasteiger partial charge in [0.05, 0.1) is 11.7 Å². The summed E-state index contributed by atoms with van der Waals surface area (Å²) in [6.45, 7) is 2.07. The molecule has 1 unspecified atom stereocenters. The van der Waals surface area contributed by atoms with Gasteiger partial charge < -0.3 is 5.73 Å². The van der Waals surface area contributed by atoms with Crippen molar-refractivity contribution < 1.29 is 0 Å². The first-order valence-corrected chi connectivity index (χ1v) is 4.98. The lowest BCUT2D eigenvalue weighted by Gasteiger charge is -2.12. The molecule has 15 heavy (non-hydrogen) atoms. The van der Waals surface area contributed by atoms with E-state index in [-0.39, 0.29) is 6.04 Å². The van der Waals surface area contributed by atoms with E-state index in [2.05, 4.69) is 24.2 Å². The molecule has 0 bridgehead atoms. The molecule has 0 spiro atoms. The average Bonchev–Trinajstić information content (AvgIpc) is 2.63. The maximum atomic E-state index is 6.17. The van der Waals surface area contributed by atoms with Gasteiger partial charge in [0.1, 0.15) is 0 Å². The molecule has 78 valence electrons. The Labute approximate surface area is 89.5 Å². The summed E-state index contributed by atoms with van der Waals surface area (Å²) in [6, 6.07) is 10.1. The SMILES string of the molecule is Cc1cccc(C(N)c2ccnn2C)c1. The third-order valence-corrected chi connectivity index (χ3v) is 2.58. The topological polar surface area (TPSA) is 43.8 Å². The Morgan fingerprint density at radius 3 is 2.73 bits per heavy atom. The largest absolute Gasteiger partial charge is 0.319 e. The molecule has 2 rings (SSSR count). The lowest BCUT2D eigenvalue weighted by atomic mass is 10.0. The highest BCUT2D eigenvalue weighted by Gasteiger charge is 2.11. The minimum Gasteiger partial charge on any atom is -0.319 e. The highest BCUT2D eigenvalue weighted by molar-refractivity contribution is 5.30. The van der Waals surface area contributed by atoms with Gasteiger partial charge >= 0.3 is 0 Å². The second-order valence-corrected chi connectivity index (χ2v) is 3.77. The zero-order valence-electron chi connectivity index (χ0n) is 9.01. The number of aromatic nitrogens is 2. The fourth-order valence-electron chi connectivity index (χ4n) is 1.72. The molecule has 1 aromatic carbocycles. The summed E-state index contributed by atoms with van der Waals surface area (Å²) in [5, 5.41) is 4.12. The van der Waals surface area contributed by atoms with Crippen LogP contribution in [0.5, 0.6) is 0 Å².